The number of carbonyl (C=O) groups is 1. The lowest BCUT2D eigenvalue weighted by Crippen LogP contribution is -2.23. The van der Waals surface area contributed by atoms with Gasteiger partial charge in [0.15, 0.2) is 0 Å². The van der Waals surface area contributed by atoms with Gasteiger partial charge in [-0.25, -0.2) is 0 Å². The largest absolute Gasteiger partial charge is 0.481 e. The number of aliphatic carboxylic acids is 1. The number of hydrogen-bond acceptors (Lipinski definition) is 3. The monoisotopic (exact) mass is 343 g/mol. The SMILES string of the molecule is Cn1nccc1Nc1cc(C(C)(C)C)c(CC(=O)O)c(C(C)(C)C)c1. The van der Waals surface area contributed by atoms with Crippen molar-refractivity contribution in [3.8, 4) is 0 Å². The summed E-state index contributed by atoms with van der Waals surface area (Å²) in [7, 11) is 1.89. The van der Waals surface area contributed by atoms with Crippen LogP contribution < -0.4 is 5.32 Å². The zero-order chi connectivity index (χ0) is 19.0. The molecule has 0 saturated carbocycles. The average molecular weight is 343 g/mol. The van der Waals surface area contributed by atoms with Gasteiger partial charge in [-0.3, -0.25) is 9.48 Å². The zero-order valence-electron chi connectivity index (χ0n) is 16.3. The van der Waals surface area contributed by atoms with Crippen LogP contribution in [-0.2, 0) is 29.1 Å². The maximum atomic E-state index is 11.5. The summed E-state index contributed by atoms with van der Waals surface area (Å²) in [5.74, 6) is 0.0917. The fraction of sp³-hybridized carbons (Fsp3) is 0.500. The van der Waals surface area contributed by atoms with Gasteiger partial charge < -0.3 is 10.4 Å². The second-order valence-corrected chi connectivity index (χ2v) is 8.59. The summed E-state index contributed by atoms with van der Waals surface area (Å²) >= 11 is 0. The first-order valence-electron chi connectivity index (χ1n) is 8.54. The Bertz CT molecular complexity index is 742. The minimum atomic E-state index is -0.802. The summed E-state index contributed by atoms with van der Waals surface area (Å²) in [4.78, 5) is 11.5. The first kappa shape index (κ1) is 19.0. The Balaban J connectivity index is 2.67. The molecule has 2 N–H and O–H groups in total. The molecule has 1 aromatic heterocycles. The quantitative estimate of drug-likeness (QED) is 0.864. The molecule has 25 heavy (non-hydrogen) atoms. The summed E-state index contributed by atoms with van der Waals surface area (Å²) < 4.78 is 1.78. The molecule has 0 radical (unpaired) electrons. The number of benzene rings is 1. The predicted molar refractivity (Wildman–Crippen MR) is 102 cm³/mol. The molecule has 0 aliphatic heterocycles. The van der Waals surface area contributed by atoms with Crippen LogP contribution in [0.2, 0.25) is 0 Å². The number of carboxylic acid groups (broad SMARTS) is 1. The van der Waals surface area contributed by atoms with Crippen LogP contribution in [0.15, 0.2) is 24.4 Å². The number of anilines is 2. The van der Waals surface area contributed by atoms with Crippen LogP contribution in [0.1, 0.15) is 58.2 Å². The van der Waals surface area contributed by atoms with Gasteiger partial charge in [0.25, 0.3) is 0 Å². The number of nitrogens with zero attached hydrogens (tertiary/aromatic N) is 2. The first-order chi connectivity index (χ1) is 11.4. The van der Waals surface area contributed by atoms with Crippen LogP contribution in [0.5, 0.6) is 0 Å². The van der Waals surface area contributed by atoms with E-state index < -0.39 is 5.97 Å². The lowest BCUT2D eigenvalue weighted by atomic mass is 9.75. The Kier molecular flexibility index (Phi) is 4.98. The summed E-state index contributed by atoms with van der Waals surface area (Å²) in [6, 6.07) is 6.06. The van der Waals surface area contributed by atoms with E-state index in [0.29, 0.717) is 0 Å². The highest BCUT2D eigenvalue weighted by atomic mass is 16.4. The molecule has 0 aliphatic rings. The number of nitrogens with one attached hydrogen (secondary N) is 1. The number of carboxylic acids is 1. The van der Waals surface area contributed by atoms with E-state index in [4.69, 9.17) is 0 Å². The van der Waals surface area contributed by atoms with Crippen molar-refractivity contribution in [2.75, 3.05) is 5.32 Å². The average Bonchev–Trinajstić information content (AvgIpc) is 2.82. The van der Waals surface area contributed by atoms with Crippen LogP contribution in [0.4, 0.5) is 11.5 Å². The van der Waals surface area contributed by atoms with Crippen LogP contribution in [0, 0.1) is 0 Å². The Morgan fingerprint density at radius 3 is 2.00 bits per heavy atom. The van der Waals surface area contributed by atoms with E-state index in [0.717, 1.165) is 28.2 Å². The Morgan fingerprint density at radius 1 is 1.12 bits per heavy atom. The van der Waals surface area contributed by atoms with Gasteiger partial charge in [-0.2, -0.15) is 5.10 Å². The molecule has 0 amide bonds. The maximum Gasteiger partial charge on any atom is 0.307 e. The van der Waals surface area contributed by atoms with E-state index in [1.165, 1.54) is 0 Å². The smallest absolute Gasteiger partial charge is 0.307 e. The molecule has 1 heterocycles. The Morgan fingerprint density at radius 2 is 1.64 bits per heavy atom. The van der Waals surface area contributed by atoms with Crippen molar-refractivity contribution in [2.45, 2.75) is 58.8 Å². The lowest BCUT2D eigenvalue weighted by Gasteiger charge is -2.31. The highest BCUT2D eigenvalue weighted by molar-refractivity contribution is 5.73. The molecule has 5 nitrogen and oxygen atoms in total. The van der Waals surface area contributed by atoms with E-state index in [2.05, 4.69) is 64.1 Å². The van der Waals surface area contributed by atoms with E-state index in [1.807, 2.05) is 13.1 Å². The summed E-state index contributed by atoms with van der Waals surface area (Å²) in [5.41, 5.74) is 3.68. The Hall–Kier alpha value is -2.30. The molecule has 0 atom stereocenters. The molecular weight excluding hydrogens is 314 g/mol. The molecule has 2 rings (SSSR count). The number of hydrogen-bond donors (Lipinski definition) is 2. The normalized spacial score (nSPS) is 12.3. The summed E-state index contributed by atoms with van der Waals surface area (Å²) in [5, 5.41) is 17.0. The Labute approximate surface area is 150 Å². The van der Waals surface area contributed by atoms with E-state index in [1.54, 1.807) is 10.9 Å². The van der Waals surface area contributed by atoms with Gasteiger partial charge in [-0.15, -0.1) is 0 Å². The standard InChI is InChI=1S/C20H29N3O2/c1-19(2,3)15-10-13(22-17-8-9-21-23(17)7)11-16(20(4,5)6)14(15)12-18(24)25/h8-11,22H,12H2,1-7H3,(H,24,25). The van der Waals surface area contributed by atoms with Crippen LogP contribution in [-0.4, -0.2) is 20.9 Å². The van der Waals surface area contributed by atoms with Crippen molar-refractivity contribution < 1.29 is 9.90 Å². The fourth-order valence-electron chi connectivity index (χ4n) is 3.07. The molecule has 0 fully saturated rings. The molecule has 1 aromatic carbocycles. The van der Waals surface area contributed by atoms with Crippen LogP contribution >= 0.6 is 0 Å². The van der Waals surface area contributed by atoms with Crippen molar-refractivity contribution in [1.29, 1.82) is 0 Å². The van der Waals surface area contributed by atoms with Crippen LogP contribution in [0.25, 0.3) is 0 Å². The van der Waals surface area contributed by atoms with Gasteiger partial charge in [-0.05, 0) is 39.7 Å². The number of aryl methyl sites for hydroxylation is 1. The van der Waals surface area contributed by atoms with Crippen LogP contribution in [0.3, 0.4) is 0 Å². The van der Waals surface area contributed by atoms with Gasteiger partial charge in [0.05, 0.1) is 12.6 Å². The third kappa shape index (κ3) is 4.41. The van der Waals surface area contributed by atoms with Crippen molar-refractivity contribution in [3.05, 3.63) is 41.1 Å². The van der Waals surface area contributed by atoms with Gasteiger partial charge in [0.1, 0.15) is 5.82 Å². The fourth-order valence-corrected chi connectivity index (χ4v) is 3.07. The molecule has 0 unspecified atom stereocenters. The highest BCUT2D eigenvalue weighted by Gasteiger charge is 2.27. The molecule has 136 valence electrons. The van der Waals surface area contributed by atoms with E-state index in [9.17, 15) is 9.90 Å². The summed E-state index contributed by atoms with van der Waals surface area (Å²) in [6.45, 7) is 12.7. The molecule has 0 bridgehead atoms. The third-order valence-corrected chi connectivity index (χ3v) is 4.29. The minimum absolute atomic E-state index is 0.0329. The van der Waals surface area contributed by atoms with Crippen molar-refractivity contribution in [1.82, 2.24) is 9.78 Å². The molecule has 5 heteroatoms. The van der Waals surface area contributed by atoms with Crippen molar-refractivity contribution in [2.24, 2.45) is 7.05 Å². The molecule has 0 saturated heterocycles. The molecular formula is C20H29N3O2. The second-order valence-electron chi connectivity index (χ2n) is 8.59. The minimum Gasteiger partial charge on any atom is -0.481 e. The molecule has 0 aliphatic carbocycles. The zero-order valence-corrected chi connectivity index (χ0v) is 16.3. The van der Waals surface area contributed by atoms with Crippen molar-refractivity contribution >= 4 is 17.5 Å². The number of aromatic nitrogens is 2. The van der Waals surface area contributed by atoms with Gasteiger partial charge >= 0.3 is 5.97 Å². The number of rotatable bonds is 4. The van der Waals surface area contributed by atoms with Gasteiger partial charge in [-0.1, -0.05) is 41.5 Å². The van der Waals surface area contributed by atoms with E-state index >= 15 is 0 Å². The predicted octanol–water partition coefficient (Wildman–Crippen LogP) is 4.39. The topological polar surface area (TPSA) is 67.2 Å². The summed E-state index contributed by atoms with van der Waals surface area (Å²) in [6.07, 6.45) is 1.78. The van der Waals surface area contributed by atoms with Gasteiger partial charge in [0, 0.05) is 18.8 Å². The van der Waals surface area contributed by atoms with E-state index in [-0.39, 0.29) is 17.3 Å². The van der Waals surface area contributed by atoms with Gasteiger partial charge in [0.2, 0.25) is 0 Å². The highest BCUT2D eigenvalue weighted by Crippen LogP contribution is 2.37. The first-order valence-corrected chi connectivity index (χ1v) is 8.54. The molecule has 0 spiro atoms. The van der Waals surface area contributed by atoms with Crippen molar-refractivity contribution in [3.63, 3.8) is 0 Å². The lowest BCUT2D eigenvalue weighted by molar-refractivity contribution is -0.136. The third-order valence-electron chi connectivity index (χ3n) is 4.29. The maximum absolute atomic E-state index is 11.5. The second kappa shape index (κ2) is 6.54. The molecule has 2 aromatic rings.